The smallest absolute Gasteiger partial charge is 0.306 e. The average Bonchev–Trinajstić information content (AvgIpc) is 2.35. The summed E-state index contributed by atoms with van der Waals surface area (Å²) < 4.78 is 0. The molecule has 8 heteroatoms. The third-order valence-corrected chi connectivity index (χ3v) is 2.73. The zero-order valence-electron chi connectivity index (χ0n) is 9.71. The molecule has 0 amide bonds. The lowest BCUT2D eigenvalue weighted by Crippen LogP contribution is -2.23. The topological polar surface area (TPSA) is 109 Å². The highest BCUT2D eigenvalue weighted by molar-refractivity contribution is 6.31. The van der Waals surface area contributed by atoms with E-state index in [1.807, 2.05) is 0 Å². The van der Waals surface area contributed by atoms with Crippen LogP contribution in [0.3, 0.4) is 0 Å². The quantitative estimate of drug-likeness (QED) is 0.399. The minimum absolute atomic E-state index is 0.162. The lowest BCUT2D eigenvalue weighted by Gasteiger charge is -2.17. The molecule has 100 valence electrons. The van der Waals surface area contributed by atoms with E-state index in [-0.39, 0.29) is 10.7 Å². The zero-order valence-corrected chi connectivity index (χ0v) is 10.5. The highest BCUT2D eigenvalue weighted by Gasteiger charge is 2.22. The van der Waals surface area contributed by atoms with Gasteiger partial charge >= 0.3 is 5.69 Å². The van der Waals surface area contributed by atoms with Crippen molar-refractivity contribution in [1.29, 1.82) is 0 Å². The summed E-state index contributed by atoms with van der Waals surface area (Å²) in [6, 6.07) is 1.11. The van der Waals surface area contributed by atoms with Crippen LogP contribution in [0.25, 0.3) is 0 Å². The maximum Gasteiger partial charge on any atom is 0.306 e. The van der Waals surface area contributed by atoms with Crippen molar-refractivity contribution in [3.63, 3.8) is 0 Å². The van der Waals surface area contributed by atoms with Gasteiger partial charge in [0.15, 0.2) is 0 Å². The maximum absolute atomic E-state index is 10.7. The molecule has 1 aromatic heterocycles. The number of nitrogens with zero attached hydrogens (tertiary/aromatic N) is 2. The van der Waals surface area contributed by atoms with Gasteiger partial charge in [0.25, 0.3) is 0 Å². The van der Waals surface area contributed by atoms with Crippen LogP contribution >= 0.6 is 11.6 Å². The Morgan fingerprint density at radius 2 is 2.28 bits per heavy atom. The van der Waals surface area contributed by atoms with Gasteiger partial charge in [-0.3, -0.25) is 10.1 Å². The van der Waals surface area contributed by atoms with Crippen LogP contribution in [0.1, 0.15) is 18.1 Å². The number of aliphatic hydroxyl groups excluding tert-OH is 2. The Hall–Kier alpha value is -1.28. The lowest BCUT2D eigenvalue weighted by molar-refractivity contribution is -0.385. The van der Waals surface area contributed by atoms with Crippen molar-refractivity contribution in [2.24, 2.45) is 0 Å². The van der Waals surface area contributed by atoms with Crippen molar-refractivity contribution in [1.82, 2.24) is 10.3 Å². The highest BCUT2D eigenvalue weighted by Crippen LogP contribution is 2.27. The molecule has 0 aliphatic heterocycles. The van der Waals surface area contributed by atoms with Crippen LogP contribution in [0, 0.1) is 10.1 Å². The summed E-state index contributed by atoms with van der Waals surface area (Å²) in [4.78, 5) is 13.6. The zero-order chi connectivity index (χ0) is 13.7. The predicted molar refractivity (Wildman–Crippen MR) is 65.4 cm³/mol. The number of hydrogen-bond acceptors (Lipinski definition) is 6. The third-order valence-electron chi connectivity index (χ3n) is 2.43. The molecule has 3 N–H and O–H groups in total. The molecule has 0 aliphatic carbocycles. The Balaban J connectivity index is 2.89. The minimum atomic E-state index is -1.23. The summed E-state index contributed by atoms with van der Waals surface area (Å²) in [5, 5.41) is 32.8. The summed E-state index contributed by atoms with van der Waals surface area (Å²) >= 11 is 5.55. The van der Waals surface area contributed by atoms with Crippen molar-refractivity contribution >= 4 is 17.3 Å². The van der Waals surface area contributed by atoms with Crippen molar-refractivity contribution in [2.45, 2.75) is 18.6 Å². The van der Waals surface area contributed by atoms with Crippen LogP contribution in [0.4, 0.5) is 5.69 Å². The van der Waals surface area contributed by atoms with Gasteiger partial charge in [0, 0.05) is 17.8 Å². The summed E-state index contributed by atoms with van der Waals surface area (Å²) in [5.41, 5.74) is -0.233. The standard InChI is InChI=1S/C10H14ClN3O4/c1-12-3-2-8(15)9(16)6-4-7(14(17)18)10(11)13-5-6/h4-5,8-9,12,15-16H,2-3H2,1H3. The first-order valence-electron chi connectivity index (χ1n) is 5.28. The second kappa shape index (κ2) is 6.60. The minimum Gasteiger partial charge on any atom is -0.390 e. The molecule has 0 saturated heterocycles. The Morgan fingerprint density at radius 3 is 2.83 bits per heavy atom. The Kier molecular flexibility index (Phi) is 5.42. The van der Waals surface area contributed by atoms with Crippen molar-refractivity contribution < 1.29 is 15.1 Å². The molecular formula is C10H14ClN3O4. The second-order valence-corrected chi connectivity index (χ2v) is 4.10. The van der Waals surface area contributed by atoms with Gasteiger partial charge in [0.2, 0.25) is 5.15 Å². The van der Waals surface area contributed by atoms with Gasteiger partial charge in [0.1, 0.15) is 6.10 Å². The van der Waals surface area contributed by atoms with Crippen LogP contribution in [-0.4, -0.2) is 39.8 Å². The number of halogens is 1. The monoisotopic (exact) mass is 275 g/mol. The average molecular weight is 276 g/mol. The number of nitrogens with one attached hydrogen (secondary N) is 1. The third kappa shape index (κ3) is 3.61. The number of nitro groups is 1. The van der Waals surface area contributed by atoms with E-state index in [4.69, 9.17) is 11.6 Å². The van der Waals surface area contributed by atoms with E-state index in [0.717, 1.165) is 6.07 Å². The molecule has 18 heavy (non-hydrogen) atoms. The van der Waals surface area contributed by atoms with Gasteiger partial charge < -0.3 is 15.5 Å². The second-order valence-electron chi connectivity index (χ2n) is 3.74. The molecule has 0 radical (unpaired) electrons. The van der Waals surface area contributed by atoms with Crippen molar-refractivity contribution in [3.8, 4) is 0 Å². The van der Waals surface area contributed by atoms with E-state index >= 15 is 0 Å². The van der Waals surface area contributed by atoms with Crippen molar-refractivity contribution in [3.05, 3.63) is 33.1 Å². The van der Waals surface area contributed by atoms with Gasteiger partial charge in [0.05, 0.1) is 11.0 Å². The van der Waals surface area contributed by atoms with Crippen LogP contribution in [0.2, 0.25) is 5.15 Å². The molecule has 2 atom stereocenters. The fourth-order valence-corrected chi connectivity index (χ4v) is 1.59. The molecule has 0 fully saturated rings. The number of rotatable bonds is 6. The molecule has 0 saturated carbocycles. The van der Waals surface area contributed by atoms with Gasteiger partial charge in [-0.05, 0) is 20.0 Å². The maximum atomic E-state index is 10.7. The Labute approximate surface area is 109 Å². The van der Waals surface area contributed by atoms with Gasteiger partial charge in [-0.2, -0.15) is 0 Å². The SMILES string of the molecule is CNCCC(O)C(O)c1cnc(Cl)c([N+](=O)[O-])c1. The van der Waals surface area contributed by atoms with E-state index in [1.165, 1.54) is 6.20 Å². The summed E-state index contributed by atoms with van der Waals surface area (Å²) in [5.74, 6) is 0. The fourth-order valence-electron chi connectivity index (χ4n) is 1.41. The molecule has 7 nitrogen and oxygen atoms in total. The predicted octanol–water partition coefficient (Wildman–Crippen LogP) is 0.647. The number of aromatic nitrogens is 1. The number of pyridine rings is 1. The number of hydrogen-bond donors (Lipinski definition) is 3. The van der Waals surface area contributed by atoms with E-state index in [2.05, 4.69) is 10.3 Å². The van der Waals surface area contributed by atoms with Gasteiger partial charge in [-0.1, -0.05) is 11.6 Å². The molecule has 1 rings (SSSR count). The first-order valence-corrected chi connectivity index (χ1v) is 5.65. The summed E-state index contributed by atoms with van der Waals surface area (Å²) in [7, 11) is 1.72. The summed E-state index contributed by atoms with van der Waals surface area (Å²) in [6.07, 6.45) is -0.738. The Morgan fingerprint density at radius 1 is 1.61 bits per heavy atom. The van der Waals surface area contributed by atoms with Crippen LogP contribution in [-0.2, 0) is 0 Å². The summed E-state index contributed by atoms with van der Waals surface area (Å²) in [6.45, 7) is 0.515. The van der Waals surface area contributed by atoms with Crippen LogP contribution < -0.4 is 5.32 Å². The van der Waals surface area contributed by atoms with E-state index < -0.39 is 22.8 Å². The normalized spacial score (nSPS) is 14.2. The first-order chi connectivity index (χ1) is 8.47. The number of aliphatic hydroxyl groups is 2. The molecule has 0 bridgehead atoms. The van der Waals surface area contributed by atoms with Gasteiger partial charge in [-0.25, -0.2) is 4.98 Å². The molecule has 0 aliphatic rings. The Bertz CT molecular complexity index is 430. The molecule has 0 spiro atoms. The molecule has 1 heterocycles. The van der Waals surface area contributed by atoms with E-state index in [9.17, 15) is 20.3 Å². The van der Waals surface area contributed by atoms with Gasteiger partial charge in [-0.15, -0.1) is 0 Å². The van der Waals surface area contributed by atoms with Crippen LogP contribution in [0.5, 0.6) is 0 Å². The lowest BCUT2D eigenvalue weighted by atomic mass is 10.0. The molecule has 0 aromatic carbocycles. The largest absolute Gasteiger partial charge is 0.390 e. The first kappa shape index (κ1) is 14.8. The van der Waals surface area contributed by atoms with E-state index in [0.29, 0.717) is 13.0 Å². The highest BCUT2D eigenvalue weighted by atomic mass is 35.5. The van der Waals surface area contributed by atoms with Crippen molar-refractivity contribution in [2.75, 3.05) is 13.6 Å². The van der Waals surface area contributed by atoms with Crippen LogP contribution in [0.15, 0.2) is 12.3 Å². The fraction of sp³-hybridized carbons (Fsp3) is 0.500. The van der Waals surface area contributed by atoms with E-state index in [1.54, 1.807) is 7.05 Å². The molecule has 2 unspecified atom stereocenters. The molecular weight excluding hydrogens is 262 g/mol. The molecule has 1 aromatic rings.